The second kappa shape index (κ2) is 8.31. The zero-order chi connectivity index (χ0) is 18.5. The third-order valence-corrected chi connectivity index (χ3v) is 4.31. The average Bonchev–Trinajstić information content (AvgIpc) is 2.63. The molecule has 0 amide bonds. The SMILES string of the molecule is CCc1nc(NNCc2ccccc2)nc(=O)n1-c1c(Cl)cccc1Cl. The molecule has 134 valence electrons. The molecule has 0 fully saturated rings. The van der Waals surface area contributed by atoms with Crippen molar-refractivity contribution in [1.82, 2.24) is 20.0 Å². The van der Waals surface area contributed by atoms with E-state index in [1.807, 2.05) is 37.3 Å². The van der Waals surface area contributed by atoms with Crippen LogP contribution in [0.1, 0.15) is 18.3 Å². The maximum Gasteiger partial charge on any atom is 0.357 e. The molecule has 1 heterocycles. The summed E-state index contributed by atoms with van der Waals surface area (Å²) in [5, 5.41) is 0.724. The van der Waals surface area contributed by atoms with Crippen molar-refractivity contribution in [2.75, 3.05) is 5.43 Å². The molecule has 8 heteroatoms. The lowest BCUT2D eigenvalue weighted by Crippen LogP contribution is -2.31. The van der Waals surface area contributed by atoms with E-state index in [-0.39, 0.29) is 5.95 Å². The molecule has 0 atom stereocenters. The first-order valence-electron chi connectivity index (χ1n) is 8.07. The molecule has 0 aliphatic rings. The Kier molecular flexibility index (Phi) is 5.88. The standard InChI is InChI=1S/C18H17Cl2N5O/c1-2-15-22-17(24-21-11-12-7-4-3-5-8-12)23-18(26)25(15)16-13(19)9-6-10-14(16)20/h3-10,21H,2,11H2,1H3,(H,23,24,26). The summed E-state index contributed by atoms with van der Waals surface area (Å²) < 4.78 is 1.34. The molecule has 6 nitrogen and oxygen atoms in total. The normalized spacial score (nSPS) is 10.7. The fourth-order valence-electron chi connectivity index (χ4n) is 2.49. The van der Waals surface area contributed by atoms with E-state index in [0.29, 0.717) is 34.5 Å². The lowest BCUT2D eigenvalue weighted by atomic mass is 10.2. The van der Waals surface area contributed by atoms with Gasteiger partial charge in [-0.05, 0) is 17.7 Å². The molecule has 2 aromatic carbocycles. The Balaban J connectivity index is 1.87. The number of para-hydroxylation sites is 1. The van der Waals surface area contributed by atoms with Gasteiger partial charge in [0.2, 0.25) is 5.95 Å². The predicted molar refractivity (Wildman–Crippen MR) is 104 cm³/mol. The van der Waals surface area contributed by atoms with Gasteiger partial charge in [-0.1, -0.05) is 66.5 Å². The summed E-state index contributed by atoms with van der Waals surface area (Å²) in [5.74, 6) is 0.700. The number of anilines is 1. The predicted octanol–water partition coefficient (Wildman–Crippen LogP) is 3.61. The molecule has 0 saturated heterocycles. The number of nitrogens with zero attached hydrogens (tertiary/aromatic N) is 3. The fourth-order valence-corrected chi connectivity index (χ4v) is 3.06. The summed E-state index contributed by atoms with van der Waals surface area (Å²) in [6.45, 7) is 2.45. The highest BCUT2D eigenvalue weighted by atomic mass is 35.5. The Bertz CT molecular complexity index is 939. The van der Waals surface area contributed by atoms with E-state index in [9.17, 15) is 4.79 Å². The van der Waals surface area contributed by atoms with E-state index in [2.05, 4.69) is 20.8 Å². The number of hydrogen-bond acceptors (Lipinski definition) is 5. The van der Waals surface area contributed by atoms with Crippen LogP contribution in [0.5, 0.6) is 0 Å². The van der Waals surface area contributed by atoms with Gasteiger partial charge in [0, 0.05) is 13.0 Å². The molecule has 3 aromatic rings. The molecule has 26 heavy (non-hydrogen) atoms. The van der Waals surface area contributed by atoms with Gasteiger partial charge in [-0.3, -0.25) is 5.43 Å². The summed E-state index contributed by atoms with van der Waals surface area (Å²) in [7, 11) is 0. The number of benzene rings is 2. The Hall–Kier alpha value is -2.41. The monoisotopic (exact) mass is 389 g/mol. The van der Waals surface area contributed by atoms with Crippen LogP contribution < -0.4 is 16.5 Å². The van der Waals surface area contributed by atoms with Crippen molar-refractivity contribution < 1.29 is 0 Å². The van der Waals surface area contributed by atoms with E-state index in [1.54, 1.807) is 18.2 Å². The van der Waals surface area contributed by atoms with Gasteiger partial charge < -0.3 is 0 Å². The highest BCUT2D eigenvalue weighted by Crippen LogP contribution is 2.28. The van der Waals surface area contributed by atoms with Crippen LogP contribution >= 0.6 is 23.2 Å². The highest BCUT2D eigenvalue weighted by molar-refractivity contribution is 6.37. The first-order valence-corrected chi connectivity index (χ1v) is 8.83. The first kappa shape index (κ1) is 18.4. The highest BCUT2D eigenvalue weighted by Gasteiger charge is 2.16. The topological polar surface area (TPSA) is 71.8 Å². The van der Waals surface area contributed by atoms with Crippen molar-refractivity contribution in [3.05, 3.63) is 80.4 Å². The van der Waals surface area contributed by atoms with Gasteiger partial charge in [0.15, 0.2) is 0 Å². The fraction of sp³-hybridized carbons (Fsp3) is 0.167. The molecule has 1 aromatic heterocycles. The van der Waals surface area contributed by atoms with Crippen LogP contribution in [0.25, 0.3) is 5.69 Å². The third kappa shape index (κ3) is 4.04. The summed E-state index contributed by atoms with van der Waals surface area (Å²) in [5.41, 5.74) is 6.84. The van der Waals surface area contributed by atoms with Crippen molar-refractivity contribution in [1.29, 1.82) is 0 Å². The molecule has 0 spiro atoms. The Morgan fingerprint density at radius 1 is 1.00 bits per heavy atom. The minimum absolute atomic E-state index is 0.196. The Labute approximate surface area is 160 Å². The summed E-state index contributed by atoms with van der Waals surface area (Å²) >= 11 is 12.5. The molecular weight excluding hydrogens is 373 g/mol. The van der Waals surface area contributed by atoms with Crippen molar-refractivity contribution in [2.45, 2.75) is 19.9 Å². The number of nitrogens with one attached hydrogen (secondary N) is 2. The van der Waals surface area contributed by atoms with Gasteiger partial charge in [-0.2, -0.15) is 9.97 Å². The lowest BCUT2D eigenvalue weighted by molar-refractivity contribution is 0.735. The number of hydrogen-bond donors (Lipinski definition) is 2. The Morgan fingerprint density at radius 2 is 1.69 bits per heavy atom. The molecule has 0 aliphatic heterocycles. The molecule has 3 rings (SSSR count). The van der Waals surface area contributed by atoms with Crippen molar-refractivity contribution in [3.63, 3.8) is 0 Å². The summed E-state index contributed by atoms with van der Waals surface area (Å²) in [6.07, 6.45) is 0.507. The average molecular weight is 390 g/mol. The second-order valence-electron chi connectivity index (χ2n) is 5.47. The number of rotatable bonds is 6. The molecule has 0 bridgehead atoms. The van der Waals surface area contributed by atoms with Gasteiger partial charge >= 0.3 is 5.69 Å². The summed E-state index contributed by atoms with van der Waals surface area (Å²) in [6, 6.07) is 14.9. The zero-order valence-corrected chi connectivity index (χ0v) is 15.6. The van der Waals surface area contributed by atoms with Gasteiger partial charge in [-0.15, -0.1) is 0 Å². The number of aromatic nitrogens is 3. The summed E-state index contributed by atoms with van der Waals surface area (Å²) in [4.78, 5) is 21.0. The van der Waals surface area contributed by atoms with Crippen LogP contribution in [-0.4, -0.2) is 14.5 Å². The van der Waals surface area contributed by atoms with Crippen LogP contribution in [0.15, 0.2) is 53.3 Å². The lowest BCUT2D eigenvalue weighted by Gasteiger charge is -2.15. The largest absolute Gasteiger partial charge is 0.357 e. The van der Waals surface area contributed by atoms with Gasteiger partial charge in [-0.25, -0.2) is 14.8 Å². The van der Waals surface area contributed by atoms with E-state index in [0.717, 1.165) is 5.56 Å². The number of aryl methyl sites for hydroxylation is 1. The smallest absolute Gasteiger partial charge is 0.289 e. The minimum Gasteiger partial charge on any atom is -0.289 e. The van der Waals surface area contributed by atoms with Crippen molar-refractivity contribution >= 4 is 29.2 Å². The first-order chi connectivity index (χ1) is 12.6. The third-order valence-electron chi connectivity index (χ3n) is 3.70. The van der Waals surface area contributed by atoms with E-state index >= 15 is 0 Å². The van der Waals surface area contributed by atoms with E-state index < -0.39 is 5.69 Å². The van der Waals surface area contributed by atoms with Crippen molar-refractivity contribution in [2.24, 2.45) is 0 Å². The van der Waals surface area contributed by atoms with Crippen LogP contribution in [0.2, 0.25) is 10.0 Å². The van der Waals surface area contributed by atoms with Crippen LogP contribution in [0.3, 0.4) is 0 Å². The van der Waals surface area contributed by atoms with Gasteiger partial charge in [0.25, 0.3) is 0 Å². The molecule has 0 radical (unpaired) electrons. The second-order valence-corrected chi connectivity index (χ2v) is 6.28. The Morgan fingerprint density at radius 3 is 2.35 bits per heavy atom. The maximum atomic E-state index is 12.6. The van der Waals surface area contributed by atoms with E-state index in [4.69, 9.17) is 23.2 Å². The minimum atomic E-state index is -0.504. The number of hydrazine groups is 1. The number of halogens is 2. The van der Waals surface area contributed by atoms with Gasteiger partial charge in [0.1, 0.15) is 5.82 Å². The van der Waals surface area contributed by atoms with Crippen LogP contribution in [0.4, 0.5) is 5.95 Å². The van der Waals surface area contributed by atoms with E-state index in [1.165, 1.54) is 4.57 Å². The molecular formula is C18H17Cl2N5O. The van der Waals surface area contributed by atoms with Crippen LogP contribution in [-0.2, 0) is 13.0 Å². The maximum absolute atomic E-state index is 12.6. The zero-order valence-electron chi connectivity index (χ0n) is 14.0. The molecule has 0 aliphatic carbocycles. The van der Waals surface area contributed by atoms with Crippen molar-refractivity contribution in [3.8, 4) is 5.69 Å². The quantitative estimate of drug-likeness (QED) is 0.630. The molecule has 0 saturated carbocycles. The molecule has 0 unspecified atom stereocenters. The van der Waals surface area contributed by atoms with Crippen LogP contribution in [0, 0.1) is 0 Å². The van der Waals surface area contributed by atoms with Gasteiger partial charge in [0.05, 0.1) is 15.7 Å². The molecule has 2 N–H and O–H groups in total.